The first-order valence-electron chi connectivity index (χ1n) is 6.28. The number of nitrogens with zero attached hydrogens (tertiary/aromatic N) is 2. The van der Waals surface area contributed by atoms with Crippen molar-refractivity contribution in [2.75, 3.05) is 33.3 Å². The molecular weight excluding hydrogens is 244 g/mol. The maximum Gasteiger partial charge on any atom is 0.246 e. The average Bonchev–Trinajstić information content (AvgIpc) is 2.44. The number of terminal acetylenes is 1. The average molecular weight is 264 g/mol. The number of ether oxygens (including phenoxy) is 1. The summed E-state index contributed by atoms with van der Waals surface area (Å²) < 4.78 is 5.45. The number of amides is 2. The number of hydrogen-bond donors (Lipinski definition) is 0. The lowest BCUT2D eigenvalue weighted by atomic mass is 10.1. The van der Waals surface area contributed by atoms with E-state index >= 15 is 0 Å². The highest BCUT2D eigenvalue weighted by atomic mass is 16.5. The molecule has 0 aromatic rings. The predicted molar refractivity (Wildman–Crippen MR) is 72.2 cm³/mol. The van der Waals surface area contributed by atoms with E-state index in [0.717, 1.165) is 12.8 Å². The first-order chi connectivity index (χ1) is 9.08. The molecule has 0 aliphatic carbocycles. The molecule has 2 amide bonds. The fourth-order valence-corrected chi connectivity index (χ4v) is 1.97. The van der Waals surface area contributed by atoms with Crippen LogP contribution in [0.15, 0.2) is 12.7 Å². The third-order valence-electron chi connectivity index (χ3n) is 3.12. The van der Waals surface area contributed by atoms with Gasteiger partial charge in [0.05, 0.1) is 12.6 Å². The van der Waals surface area contributed by atoms with Crippen LogP contribution < -0.4 is 0 Å². The van der Waals surface area contributed by atoms with Crippen LogP contribution in [0, 0.1) is 12.3 Å². The summed E-state index contributed by atoms with van der Waals surface area (Å²) in [6.07, 6.45) is 8.03. The largest absolute Gasteiger partial charge is 0.365 e. The maximum absolute atomic E-state index is 12.0. The van der Waals surface area contributed by atoms with Gasteiger partial charge in [-0.25, -0.2) is 0 Å². The quantitative estimate of drug-likeness (QED) is 0.529. The minimum atomic E-state index is -0.249. The van der Waals surface area contributed by atoms with E-state index in [1.54, 1.807) is 11.9 Å². The van der Waals surface area contributed by atoms with Gasteiger partial charge in [0.2, 0.25) is 11.8 Å². The normalized spacial score (nSPS) is 15.7. The van der Waals surface area contributed by atoms with Crippen LogP contribution in [0.25, 0.3) is 0 Å². The van der Waals surface area contributed by atoms with E-state index < -0.39 is 0 Å². The first kappa shape index (κ1) is 15.3. The van der Waals surface area contributed by atoms with Crippen molar-refractivity contribution in [3.8, 4) is 12.3 Å². The standard InChI is InChI=1S/C14H20N2O3/c1-4-10-19-12-6-8-16(9-7-12)14(18)11-15(3)13(17)5-2/h1,5,12H,2,6-11H2,3H3. The van der Waals surface area contributed by atoms with Crippen molar-refractivity contribution in [2.24, 2.45) is 0 Å². The fourth-order valence-electron chi connectivity index (χ4n) is 1.97. The van der Waals surface area contributed by atoms with E-state index in [4.69, 9.17) is 11.2 Å². The number of carbonyl (C=O) groups is 2. The Morgan fingerprint density at radius 2 is 2.16 bits per heavy atom. The van der Waals surface area contributed by atoms with Crippen molar-refractivity contribution in [1.82, 2.24) is 9.80 Å². The Hall–Kier alpha value is -1.80. The second-order valence-electron chi connectivity index (χ2n) is 4.49. The maximum atomic E-state index is 12.0. The zero-order chi connectivity index (χ0) is 14.3. The molecule has 0 unspecified atom stereocenters. The number of likely N-dealkylation sites (tertiary alicyclic amines) is 1. The van der Waals surface area contributed by atoms with Crippen LogP contribution in [0.4, 0.5) is 0 Å². The minimum Gasteiger partial charge on any atom is -0.365 e. The molecule has 0 saturated carbocycles. The Balaban J connectivity index is 2.35. The van der Waals surface area contributed by atoms with Gasteiger partial charge in [-0.1, -0.05) is 12.5 Å². The number of hydrogen-bond acceptors (Lipinski definition) is 3. The van der Waals surface area contributed by atoms with Crippen LogP contribution in [0.1, 0.15) is 12.8 Å². The van der Waals surface area contributed by atoms with Crippen LogP contribution in [0.2, 0.25) is 0 Å². The SMILES string of the molecule is C#CCOC1CCN(C(=O)CN(C)C(=O)C=C)CC1. The van der Waals surface area contributed by atoms with E-state index in [2.05, 4.69) is 12.5 Å². The molecule has 1 rings (SSSR count). The van der Waals surface area contributed by atoms with Gasteiger partial charge in [0.25, 0.3) is 0 Å². The molecule has 0 aromatic carbocycles. The third-order valence-corrected chi connectivity index (χ3v) is 3.12. The summed E-state index contributed by atoms with van der Waals surface area (Å²) in [6.45, 7) is 5.08. The molecule has 104 valence electrons. The molecule has 19 heavy (non-hydrogen) atoms. The van der Waals surface area contributed by atoms with E-state index in [1.807, 2.05) is 0 Å². The van der Waals surface area contributed by atoms with Gasteiger partial charge in [0, 0.05) is 20.1 Å². The van der Waals surface area contributed by atoms with Crippen LogP contribution in [-0.4, -0.2) is 61.0 Å². The summed E-state index contributed by atoms with van der Waals surface area (Å²) in [6, 6.07) is 0. The predicted octanol–water partition coefficient (Wildman–Crippen LogP) is 0.272. The Morgan fingerprint density at radius 3 is 2.68 bits per heavy atom. The van der Waals surface area contributed by atoms with Crippen LogP contribution in [0.5, 0.6) is 0 Å². The zero-order valence-electron chi connectivity index (χ0n) is 11.3. The number of likely N-dealkylation sites (N-methyl/N-ethyl adjacent to an activating group) is 1. The van der Waals surface area contributed by atoms with Crippen LogP contribution >= 0.6 is 0 Å². The van der Waals surface area contributed by atoms with E-state index in [0.29, 0.717) is 19.7 Å². The highest BCUT2D eigenvalue weighted by molar-refractivity contribution is 5.90. The van der Waals surface area contributed by atoms with Gasteiger partial charge >= 0.3 is 0 Å². The summed E-state index contributed by atoms with van der Waals surface area (Å²) in [5.74, 6) is 2.14. The van der Waals surface area contributed by atoms with Gasteiger partial charge in [0.1, 0.15) is 6.61 Å². The van der Waals surface area contributed by atoms with Crippen molar-refractivity contribution >= 4 is 11.8 Å². The fraction of sp³-hybridized carbons (Fsp3) is 0.571. The smallest absolute Gasteiger partial charge is 0.246 e. The summed E-state index contributed by atoms with van der Waals surface area (Å²) in [5.41, 5.74) is 0. The molecule has 1 aliphatic rings. The topological polar surface area (TPSA) is 49.9 Å². The molecule has 0 aromatic heterocycles. The van der Waals surface area contributed by atoms with Gasteiger partial charge in [0.15, 0.2) is 0 Å². The second-order valence-corrected chi connectivity index (χ2v) is 4.49. The number of carbonyl (C=O) groups excluding carboxylic acids is 2. The molecule has 5 heteroatoms. The van der Waals surface area contributed by atoms with E-state index in [9.17, 15) is 9.59 Å². The van der Waals surface area contributed by atoms with Crippen molar-refractivity contribution < 1.29 is 14.3 Å². The van der Waals surface area contributed by atoms with E-state index in [-0.39, 0.29) is 24.5 Å². The van der Waals surface area contributed by atoms with E-state index in [1.165, 1.54) is 11.0 Å². The lowest BCUT2D eigenvalue weighted by molar-refractivity contribution is -0.139. The molecule has 0 radical (unpaired) electrons. The lowest BCUT2D eigenvalue weighted by Gasteiger charge is -2.32. The summed E-state index contributed by atoms with van der Waals surface area (Å²) in [7, 11) is 1.59. The Morgan fingerprint density at radius 1 is 1.53 bits per heavy atom. The molecule has 1 heterocycles. The molecule has 0 N–H and O–H groups in total. The van der Waals surface area contributed by atoms with Gasteiger partial charge in [-0.15, -0.1) is 6.42 Å². The van der Waals surface area contributed by atoms with Crippen molar-refractivity contribution in [2.45, 2.75) is 18.9 Å². The molecule has 1 fully saturated rings. The van der Waals surface area contributed by atoms with Crippen LogP contribution in [0.3, 0.4) is 0 Å². The van der Waals surface area contributed by atoms with Gasteiger partial charge in [-0.05, 0) is 18.9 Å². The summed E-state index contributed by atoms with van der Waals surface area (Å²) in [5, 5.41) is 0. The molecule has 0 spiro atoms. The Labute approximate surface area is 114 Å². The molecule has 1 aliphatic heterocycles. The highest BCUT2D eigenvalue weighted by Gasteiger charge is 2.24. The summed E-state index contributed by atoms with van der Waals surface area (Å²) >= 11 is 0. The monoisotopic (exact) mass is 264 g/mol. The van der Waals surface area contributed by atoms with Crippen molar-refractivity contribution in [3.63, 3.8) is 0 Å². The lowest BCUT2D eigenvalue weighted by Crippen LogP contribution is -2.45. The molecule has 0 atom stereocenters. The zero-order valence-corrected chi connectivity index (χ0v) is 11.3. The number of piperidine rings is 1. The number of rotatable bonds is 5. The first-order valence-corrected chi connectivity index (χ1v) is 6.28. The minimum absolute atomic E-state index is 0.0481. The van der Waals surface area contributed by atoms with Crippen molar-refractivity contribution in [3.05, 3.63) is 12.7 Å². The van der Waals surface area contributed by atoms with Gasteiger partial charge in [-0.2, -0.15) is 0 Å². The Kier molecular flexibility index (Phi) is 6.10. The second kappa shape index (κ2) is 7.59. The van der Waals surface area contributed by atoms with Crippen molar-refractivity contribution in [1.29, 1.82) is 0 Å². The van der Waals surface area contributed by atoms with Gasteiger partial charge < -0.3 is 14.5 Å². The Bertz CT molecular complexity index is 379. The van der Waals surface area contributed by atoms with Gasteiger partial charge in [-0.3, -0.25) is 9.59 Å². The molecule has 5 nitrogen and oxygen atoms in total. The highest BCUT2D eigenvalue weighted by Crippen LogP contribution is 2.13. The third kappa shape index (κ3) is 4.76. The molecule has 0 bridgehead atoms. The molecular formula is C14H20N2O3. The van der Waals surface area contributed by atoms with Crippen LogP contribution in [-0.2, 0) is 14.3 Å². The summed E-state index contributed by atoms with van der Waals surface area (Å²) in [4.78, 5) is 26.4. The molecule has 1 saturated heterocycles.